The molecule has 3 atom stereocenters. The van der Waals surface area contributed by atoms with Crippen molar-refractivity contribution in [3.63, 3.8) is 0 Å². The number of aryl methyl sites for hydroxylation is 1. The van der Waals surface area contributed by atoms with Crippen molar-refractivity contribution >= 4 is 22.9 Å². The highest BCUT2D eigenvalue weighted by Crippen LogP contribution is 2.37. The summed E-state index contributed by atoms with van der Waals surface area (Å²) < 4.78 is 12.0. The first-order chi connectivity index (χ1) is 8.61. The Bertz CT molecular complexity index is 383. The smallest absolute Gasteiger partial charge is 0.183 e. The van der Waals surface area contributed by atoms with Crippen molar-refractivity contribution in [2.45, 2.75) is 46.0 Å². The highest BCUT2D eigenvalue weighted by molar-refractivity contribution is 7.15. The fraction of sp³-hybridized carbons (Fsp3) is 0.769. The predicted molar refractivity (Wildman–Crippen MR) is 74.1 cm³/mol. The number of rotatable bonds is 6. The van der Waals surface area contributed by atoms with Gasteiger partial charge in [-0.25, -0.2) is 4.98 Å². The zero-order valence-electron chi connectivity index (χ0n) is 11.1. The summed E-state index contributed by atoms with van der Waals surface area (Å²) in [7, 11) is 0. The minimum Gasteiger partial charge on any atom is -0.353 e. The minimum absolute atomic E-state index is 0.0224. The van der Waals surface area contributed by atoms with Crippen LogP contribution in [0.3, 0.4) is 0 Å². The lowest BCUT2D eigenvalue weighted by molar-refractivity contribution is -0.312. The standard InChI is InChI=1S/C13H20ClNO2S/c1-4-16-12-10(11(17-12)8(2)3)6-5-9-7-15-13(14)18-9/h7-8,10-12H,4-6H2,1-3H3. The molecule has 0 spiro atoms. The topological polar surface area (TPSA) is 31.4 Å². The molecule has 3 unspecified atom stereocenters. The van der Waals surface area contributed by atoms with Crippen molar-refractivity contribution in [2.24, 2.45) is 11.8 Å². The largest absolute Gasteiger partial charge is 0.353 e. The SMILES string of the molecule is CCOC1OC(C(C)C)C1CCc1cnc(Cl)s1. The quantitative estimate of drug-likeness (QED) is 0.799. The van der Waals surface area contributed by atoms with Gasteiger partial charge in [-0.3, -0.25) is 0 Å². The molecule has 102 valence electrons. The molecule has 3 nitrogen and oxygen atoms in total. The second kappa shape index (κ2) is 6.33. The van der Waals surface area contributed by atoms with Crippen molar-refractivity contribution in [2.75, 3.05) is 6.61 Å². The van der Waals surface area contributed by atoms with Crippen molar-refractivity contribution in [3.05, 3.63) is 15.5 Å². The van der Waals surface area contributed by atoms with Gasteiger partial charge in [0.1, 0.15) is 0 Å². The van der Waals surface area contributed by atoms with Gasteiger partial charge in [-0.1, -0.05) is 25.4 Å². The molecular weight excluding hydrogens is 270 g/mol. The number of aromatic nitrogens is 1. The van der Waals surface area contributed by atoms with Crippen LogP contribution in [0.4, 0.5) is 0 Å². The van der Waals surface area contributed by atoms with Crippen molar-refractivity contribution in [1.29, 1.82) is 0 Å². The lowest BCUT2D eigenvalue weighted by atomic mass is 9.84. The van der Waals surface area contributed by atoms with Crippen molar-refractivity contribution < 1.29 is 9.47 Å². The number of halogens is 1. The van der Waals surface area contributed by atoms with Gasteiger partial charge in [0, 0.05) is 23.6 Å². The number of thiazole rings is 1. The van der Waals surface area contributed by atoms with Gasteiger partial charge in [0.2, 0.25) is 0 Å². The van der Waals surface area contributed by atoms with Crippen LogP contribution in [-0.2, 0) is 15.9 Å². The first kappa shape index (κ1) is 14.3. The molecule has 0 aromatic carbocycles. The predicted octanol–water partition coefficient (Wildman–Crippen LogP) is 3.76. The van der Waals surface area contributed by atoms with Gasteiger partial charge in [-0.2, -0.15) is 0 Å². The van der Waals surface area contributed by atoms with Gasteiger partial charge in [-0.15, -0.1) is 11.3 Å². The zero-order chi connectivity index (χ0) is 13.1. The molecule has 18 heavy (non-hydrogen) atoms. The molecule has 1 aromatic heterocycles. The molecule has 1 saturated heterocycles. The Kier molecular flexibility index (Phi) is 5.01. The molecular formula is C13H20ClNO2S. The first-order valence-corrected chi connectivity index (χ1v) is 7.68. The number of ether oxygens (including phenoxy) is 2. The van der Waals surface area contributed by atoms with E-state index in [0.717, 1.165) is 12.8 Å². The third-order valence-corrected chi connectivity index (χ3v) is 4.47. The summed E-state index contributed by atoms with van der Waals surface area (Å²) in [5.74, 6) is 1.03. The third kappa shape index (κ3) is 3.23. The molecule has 0 aliphatic carbocycles. The fourth-order valence-electron chi connectivity index (χ4n) is 2.41. The van der Waals surface area contributed by atoms with Crippen LogP contribution in [0.15, 0.2) is 6.20 Å². The maximum atomic E-state index is 5.84. The molecule has 0 bridgehead atoms. The summed E-state index contributed by atoms with van der Waals surface area (Å²) in [6, 6.07) is 0. The van der Waals surface area contributed by atoms with Gasteiger partial charge in [0.25, 0.3) is 0 Å². The van der Waals surface area contributed by atoms with E-state index in [-0.39, 0.29) is 6.29 Å². The van der Waals surface area contributed by atoms with E-state index in [2.05, 4.69) is 18.8 Å². The monoisotopic (exact) mass is 289 g/mol. The van der Waals surface area contributed by atoms with E-state index >= 15 is 0 Å². The van der Waals surface area contributed by atoms with Crippen LogP contribution in [0.1, 0.15) is 32.1 Å². The molecule has 0 saturated carbocycles. The van der Waals surface area contributed by atoms with E-state index in [0.29, 0.717) is 29.0 Å². The van der Waals surface area contributed by atoms with E-state index in [1.165, 1.54) is 4.88 Å². The maximum Gasteiger partial charge on any atom is 0.183 e. The van der Waals surface area contributed by atoms with E-state index in [1.807, 2.05) is 13.1 Å². The van der Waals surface area contributed by atoms with E-state index in [1.54, 1.807) is 11.3 Å². The fourth-order valence-corrected chi connectivity index (χ4v) is 3.40. The summed E-state index contributed by atoms with van der Waals surface area (Å²) >= 11 is 7.40. The molecule has 1 aliphatic rings. The Morgan fingerprint density at radius 3 is 2.89 bits per heavy atom. The highest BCUT2D eigenvalue weighted by Gasteiger charge is 2.44. The molecule has 5 heteroatoms. The Labute approximate surface area is 117 Å². The van der Waals surface area contributed by atoms with Gasteiger partial charge < -0.3 is 9.47 Å². The summed E-state index contributed by atoms with van der Waals surface area (Å²) in [4.78, 5) is 5.31. The van der Waals surface area contributed by atoms with E-state index in [4.69, 9.17) is 21.1 Å². The second-order valence-electron chi connectivity index (χ2n) is 4.95. The summed E-state index contributed by atoms with van der Waals surface area (Å²) in [6.07, 6.45) is 4.25. The van der Waals surface area contributed by atoms with Crippen LogP contribution in [0.5, 0.6) is 0 Å². The molecule has 2 heterocycles. The highest BCUT2D eigenvalue weighted by atomic mass is 35.5. The van der Waals surface area contributed by atoms with Crippen LogP contribution in [0.25, 0.3) is 0 Å². The average molecular weight is 290 g/mol. The van der Waals surface area contributed by atoms with Gasteiger partial charge in [-0.05, 0) is 25.7 Å². The first-order valence-electron chi connectivity index (χ1n) is 6.49. The molecule has 0 N–H and O–H groups in total. The van der Waals surface area contributed by atoms with Crippen LogP contribution in [0, 0.1) is 11.8 Å². The van der Waals surface area contributed by atoms with Gasteiger partial charge in [0.05, 0.1) is 6.10 Å². The normalized spacial score (nSPS) is 27.5. The Balaban J connectivity index is 1.87. The van der Waals surface area contributed by atoms with Gasteiger partial charge >= 0.3 is 0 Å². The van der Waals surface area contributed by atoms with Gasteiger partial charge in [0.15, 0.2) is 10.8 Å². The van der Waals surface area contributed by atoms with Crippen LogP contribution in [0.2, 0.25) is 4.47 Å². The molecule has 1 aliphatic heterocycles. The van der Waals surface area contributed by atoms with Crippen LogP contribution in [-0.4, -0.2) is 24.0 Å². The zero-order valence-corrected chi connectivity index (χ0v) is 12.6. The Morgan fingerprint density at radius 1 is 1.56 bits per heavy atom. The molecule has 0 radical (unpaired) electrons. The number of hydrogen-bond acceptors (Lipinski definition) is 4. The number of nitrogens with zero attached hydrogens (tertiary/aromatic N) is 1. The van der Waals surface area contributed by atoms with Crippen molar-refractivity contribution in [1.82, 2.24) is 4.98 Å². The summed E-state index contributed by atoms with van der Waals surface area (Å²) in [5, 5.41) is 0. The lowest BCUT2D eigenvalue weighted by Gasteiger charge is -2.46. The van der Waals surface area contributed by atoms with E-state index < -0.39 is 0 Å². The van der Waals surface area contributed by atoms with Crippen LogP contribution >= 0.6 is 22.9 Å². The van der Waals surface area contributed by atoms with E-state index in [9.17, 15) is 0 Å². The van der Waals surface area contributed by atoms with Crippen molar-refractivity contribution in [3.8, 4) is 0 Å². The summed E-state index contributed by atoms with van der Waals surface area (Å²) in [5.41, 5.74) is 0. The maximum absolute atomic E-state index is 5.84. The van der Waals surface area contributed by atoms with Crippen LogP contribution < -0.4 is 0 Å². The molecule has 1 aromatic rings. The molecule has 2 rings (SSSR count). The molecule has 0 amide bonds. The summed E-state index contributed by atoms with van der Waals surface area (Å²) in [6.45, 7) is 7.11. The third-order valence-electron chi connectivity index (χ3n) is 3.30. The Morgan fingerprint density at radius 2 is 2.33 bits per heavy atom. The number of hydrogen-bond donors (Lipinski definition) is 0. The second-order valence-corrected chi connectivity index (χ2v) is 6.65. The Hall–Kier alpha value is -0.160. The molecule has 1 fully saturated rings. The minimum atomic E-state index is -0.0224. The lowest BCUT2D eigenvalue weighted by Crippen LogP contribution is -2.52. The average Bonchev–Trinajstić information content (AvgIpc) is 2.69.